The zero-order valence-electron chi connectivity index (χ0n) is 14.8. The van der Waals surface area contributed by atoms with E-state index in [1.54, 1.807) is 0 Å². The zero-order valence-corrected chi connectivity index (χ0v) is 14.8. The average molecular weight is 333 g/mol. The molecule has 0 spiro atoms. The van der Waals surface area contributed by atoms with E-state index in [1.807, 2.05) is 0 Å². The Labute approximate surface area is 151 Å². The Morgan fingerprint density at radius 1 is 0.880 bits per heavy atom. The van der Waals surface area contributed by atoms with Crippen molar-refractivity contribution in [2.75, 3.05) is 19.6 Å². The SMILES string of the molecule is N#CCC(CN(Cc1ccccc1)Cc1ccccc1)N1CCCC1. The molecule has 1 saturated heterocycles. The normalized spacial score (nSPS) is 16.0. The van der Waals surface area contributed by atoms with Gasteiger partial charge in [0.25, 0.3) is 0 Å². The number of nitriles is 1. The van der Waals surface area contributed by atoms with Crippen LogP contribution in [0, 0.1) is 11.3 Å². The van der Waals surface area contributed by atoms with E-state index < -0.39 is 0 Å². The predicted molar refractivity (Wildman–Crippen MR) is 102 cm³/mol. The number of likely N-dealkylation sites (tertiary alicyclic amines) is 1. The second kappa shape index (κ2) is 9.36. The van der Waals surface area contributed by atoms with Gasteiger partial charge in [-0.3, -0.25) is 9.80 Å². The summed E-state index contributed by atoms with van der Waals surface area (Å²) in [4.78, 5) is 5.00. The molecule has 0 radical (unpaired) electrons. The van der Waals surface area contributed by atoms with Crippen LogP contribution in [0.4, 0.5) is 0 Å². The van der Waals surface area contributed by atoms with E-state index in [9.17, 15) is 5.26 Å². The van der Waals surface area contributed by atoms with Gasteiger partial charge < -0.3 is 0 Å². The van der Waals surface area contributed by atoms with Gasteiger partial charge in [-0.15, -0.1) is 0 Å². The molecule has 0 aromatic heterocycles. The third kappa shape index (κ3) is 5.42. The molecule has 25 heavy (non-hydrogen) atoms. The monoisotopic (exact) mass is 333 g/mol. The van der Waals surface area contributed by atoms with E-state index in [4.69, 9.17) is 0 Å². The lowest BCUT2D eigenvalue weighted by atomic mass is 10.1. The molecule has 0 aliphatic carbocycles. The smallest absolute Gasteiger partial charge is 0.0638 e. The molecule has 3 rings (SSSR count). The molecule has 1 atom stereocenters. The standard InChI is InChI=1S/C22H27N3/c23-14-13-22(25-15-7-8-16-25)19-24(17-20-9-3-1-4-10-20)18-21-11-5-2-6-12-21/h1-6,9-12,22H,7-8,13,15-19H2. The predicted octanol–water partition coefficient (Wildman–Crippen LogP) is 4.07. The van der Waals surface area contributed by atoms with Crippen LogP contribution in [0.1, 0.15) is 30.4 Å². The molecule has 3 heteroatoms. The number of hydrogen-bond donors (Lipinski definition) is 0. The first-order valence-electron chi connectivity index (χ1n) is 9.26. The van der Waals surface area contributed by atoms with E-state index in [-0.39, 0.29) is 0 Å². The minimum Gasteiger partial charge on any atom is -0.298 e. The lowest BCUT2D eigenvalue weighted by Gasteiger charge is -2.32. The van der Waals surface area contributed by atoms with Gasteiger partial charge in [-0.05, 0) is 37.1 Å². The van der Waals surface area contributed by atoms with Gasteiger partial charge in [0, 0.05) is 25.7 Å². The average Bonchev–Trinajstić information content (AvgIpc) is 3.18. The van der Waals surface area contributed by atoms with Gasteiger partial charge in [0.05, 0.1) is 12.5 Å². The van der Waals surface area contributed by atoms with Crippen LogP contribution in [0.15, 0.2) is 60.7 Å². The fourth-order valence-electron chi connectivity index (χ4n) is 3.69. The molecule has 2 aromatic rings. The van der Waals surface area contributed by atoms with Crippen LogP contribution in [-0.4, -0.2) is 35.5 Å². The molecule has 1 unspecified atom stereocenters. The maximum Gasteiger partial charge on any atom is 0.0638 e. The highest BCUT2D eigenvalue weighted by Gasteiger charge is 2.24. The Morgan fingerprint density at radius 3 is 1.88 bits per heavy atom. The van der Waals surface area contributed by atoms with Crippen molar-refractivity contribution in [2.24, 2.45) is 0 Å². The van der Waals surface area contributed by atoms with Crippen molar-refractivity contribution < 1.29 is 0 Å². The van der Waals surface area contributed by atoms with Gasteiger partial charge >= 0.3 is 0 Å². The van der Waals surface area contributed by atoms with E-state index in [0.717, 1.165) is 32.7 Å². The highest BCUT2D eigenvalue weighted by Crippen LogP contribution is 2.18. The maximum absolute atomic E-state index is 9.29. The number of nitrogens with zero attached hydrogens (tertiary/aromatic N) is 3. The lowest BCUT2D eigenvalue weighted by molar-refractivity contribution is 0.152. The summed E-state index contributed by atoms with van der Waals surface area (Å²) >= 11 is 0. The molecule has 1 aliphatic heterocycles. The lowest BCUT2D eigenvalue weighted by Crippen LogP contribution is -2.42. The Balaban J connectivity index is 1.73. The van der Waals surface area contributed by atoms with E-state index >= 15 is 0 Å². The molecule has 0 bridgehead atoms. The Bertz CT molecular complexity index is 615. The summed E-state index contributed by atoms with van der Waals surface area (Å²) in [6.45, 7) is 5.06. The topological polar surface area (TPSA) is 30.3 Å². The van der Waals surface area contributed by atoms with Crippen molar-refractivity contribution in [1.29, 1.82) is 5.26 Å². The van der Waals surface area contributed by atoms with E-state index in [2.05, 4.69) is 76.5 Å². The van der Waals surface area contributed by atoms with Crippen LogP contribution in [0.3, 0.4) is 0 Å². The first kappa shape index (κ1) is 17.7. The Morgan fingerprint density at radius 2 is 1.40 bits per heavy atom. The summed E-state index contributed by atoms with van der Waals surface area (Å²) in [5.74, 6) is 0. The van der Waals surface area contributed by atoms with Crippen LogP contribution in [0.5, 0.6) is 0 Å². The second-order valence-electron chi connectivity index (χ2n) is 6.90. The number of hydrogen-bond acceptors (Lipinski definition) is 3. The Kier molecular flexibility index (Phi) is 6.62. The zero-order chi connectivity index (χ0) is 17.3. The van der Waals surface area contributed by atoms with Crippen LogP contribution >= 0.6 is 0 Å². The fraction of sp³-hybridized carbons (Fsp3) is 0.409. The minimum absolute atomic E-state index is 0.333. The summed E-state index contributed by atoms with van der Waals surface area (Å²) in [6, 6.07) is 24.0. The molecule has 0 saturated carbocycles. The summed E-state index contributed by atoms with van der Waals surface area (Å²) in [5.41, 5.74) is 2.66. The summed E-state index contributed by atoms with van der Waals surface area (Å²) in [5, 5.41) is 9.29. The first-order valence-corrected chi connectivity index (χ1v) is 9.26. The molecule has 130 valence electrons. The molecule has 1 heterocycles. The molecular weight excluding hydrogens is 306 g/mol. The van der Waals surface area contributed by atoms with Gasteiger partial charge in [-0.2, -0.15) is 5.26 Å². The van der Waals surface area contributed by atoms with Crippen molar-refractivity contribution in [1.82, 2.24) is 9.80 Å². The molecular formula is C22H27N3. The Hall–Kier alpha value is -2.15. The summed E-state index contributed by atoms with van der Waals surface area (Å²) in [7, 11) is 0. The third-order valence-electron chi connectivity index (χ3n) is 4.95. The van der Waals surface area contributed by atoms with E-state index in [1.165, 1.54) is 24.0 Å². The van der Waals surface area contributed by atoms with Crippen LogP contribution in [0.25, 0.3) is 0 Å². The molecule has 1 aliphatic rings. The van der Waals surface area contributed by atoms with Gasteiger partial charge in [0.15, 0.2) is 0 Å². The highest BCUT2D eigenvalue weighted by atomic mass is 15.2. The molecule has 2 aromatic carbocycles. The largest absolute Gasteiger partial charge is 0.298 e. The van der Waals surface area contributed by atoms with Crippen molar-refractivity contribution in [2.45, 2.75) is 38.4 Å². The second-order valence-corrected chi connectivity index (χ2v) is 6.90. The number of benzene rings is 2. The van der Waals surface area contributed by atoms with E-state index in [0.29, 0.717) is 12.5 Å². The first-order chi connectivity index (χ1) is 12.3. The van der Waals surface area contributed by atoms with Crippen molar-refractivity contribution in [3.63, 3.8) is 0 Å². The number of rotatable bonds is 8. The highest BCUT2D eigenvalue weighted by molar-refractivity contribution is 5.17. The van der Waals surface area contributed by atoms with Gasteiger partial charge in [-0.1, -0.05) is 60.7 Å². The van der Waals surface area contributed by atoms with Gasteiger partial charge in [0.1, 0.15) is 0 Å². The summed E-state index contributed by atoms with van der Waals surface area (Å²) < 4.78 is 0. The molecule has 1 fully saturated rings. The fourth-order valence-corrected chi connectivity index (χ4v) is 3.69. The van der Waals surface area contributed by atoms with Crippen LogP contribution < -0.4 is 0 Å². The van der Waals surface area contributed by atoms with Crippen molar-refractivity contribution in [3.8, 4) is 6.07 Å². The maximum atomic E-state index is 9.29. The minimum atomic E-state index is 0.333. The molecule has 0 N–H and O–H groups in total. The molecule has 3 nitrogen and oxygen atoms in total. The third-order valence-corrected chi connectivity index (χ3v) is 4.95. The van der Waals surface area contributed by atoms with Crippen molar-refractivity contribution >= 4 is 0 Å². The van der Waals surface area contributed by atoms with Crippen molar-refractivity contribution in [3.05, 3.63) is 71.8 Å². The quantitative estimate of drug-likeness (QED) is 0.729. The van der Waals surface area contributed by atoms with Crippen LogP contribution in [-0.2, 0) is 13.1 Å². The molecule has 0 amide bonds. The van der Waals surface area contributed by atoms with Gasteiger partial charge in [-0.25, -0.2) is 0 Å². The summed E-state index contributed by atoms with van der Waals surface area (Å²) in [6.07, 6.45) is 3.14. The van der Waals surface area contributed by atoms with Gasteiger partial charge in [0.2, 0.25) is 0 Å². The van der Waals surface area contributed by atoms with Crippen LogP contribution in [0.2, 0.25) is 0 Å².